The van der Waals surface area contributed by atoms with Gasteiger partial charge in [0, 0.05) is 44.3 Å². The van der Waals surface area contributed by atoms with E-state index in [9.17, 15) is 4.79 Å². The lowest BCUT2D eigenvalue weighted by molar-refractivity contribution is -0.118. The number of anilines is 1. The Kier molecular flexibility index (Phi) is 5.87. The van der Waals surface area contributed by atoms with E-state index in [-0.39, 0.29) is 18.1 Å². The fourth-order valence-corrected chi connectivity index (χ4v) is 3.61. The number of hydrogen-bond acceptors (Lipinski definition) is 4. The van der Waals surface area contributed by atoms with Crippen molar-refractivity contribution in [2.75, 3.05) is 38.2 Å². The number of rotatable bonds is 6. The minimum absolute atomic E-state index is 0.130. The molecular weight excluding hydrogens is 302 g/mol. The van der Waals surface area contributed by atoms with Gasteiger partial charge in [-0.1, -0.05) is 18.2 Å². The van der Waals surface area contributed by atoms with Gasteiger partial charge in [-0.15, -0.1) is 0 Å². The second kappa shape index (κ2) is 8.10. The van der Waals surface area contributed by atoms with Gasteiger partial charge in [-0.2, -0.15) is 0 Å². The standard InChI is InChI=1S/C19H29N3O2/c1-15(11-19(23)21(2)16-7-4-3-5-8-16)20-12-18-13-22-10-6-9-17(22)14-24-18/h3-5,7-8,15,17-18,20H,6,9-14H2,1-2H3/t15-,17+,18+/m1/s1. The molecular formula is C19H29N3O2. The molecule has 2 aliphatic heterocycles. The van der Waals surface area contributed by atoms with Crippen molar-refractivity contribution >= 4 is 11.6 Å². The quantitative estimate of drug-likeness (QED) is 0.864. The Balaban J connectivity index is 1.40. The van der Waals surface area contributed by atoms with Crippen LogP contribution in [0.15, 0.2) is 30.3 Å². The van der Waals surface area contributed by atoms with E-state index in [1.54, 1.807) is 4.90 Å². The molecule has 3 rings (SSSR count). The molecule has 0 aliphatic carbocycles. The highest BCUT2D eigenvalue weighted by Crippen LogP contribution is 2.22. The van der Waals surface area contributed by atoms with E-state index in [1.807, 2.05) is 37.4 Å². The summed E-state index contributed by atoms with van der Waals surface area (Å²) in [5.74, 6) is 0.130. The summed E-state index contributed by atoms with van der Waals surface area (Å²) in [5.41, 5.74) is 0.936. The summed E-state index contributed by atoms with van der Waals surface area (Å²) in [7, 11) is 1.84. The predicted molar refractivity (Wildman–Crippen MR) is 96.3 cm³/mol. The minimum atomic E-state index is 0.130. The highest BCUT2D eigenvalue weighted by Gasteiger charge is 2.32. The van der Waals surface area contributed by atoms with Crippen LogP contribution in [-0.4, -0.2) is 62.3 Å². The predicted octanol–water partition coefficient (Wildman–Crippen LogP) is 1.88. The average Bonchev–Trinajstić information content (AvgIpc) is 3.07. The van der Waals surface area contributed by atoms with Crippen molar-refractivity contribution in [2.24, 2.45) is 0 Å². The van der Waals surface area contributed by atoms with Crippen molar-refractivity contribution in [2.45, 2.75) is 44.4 Å². The molecule has 0 aromatic heterocycles. The van der Waals surface area contributed by atoms with Gasteiger partial charge in [-0.05, 0) is 38.4 Å². The van der Waals surface area contributed by atoms with E-state index in [1.165, 1.54) is 19.4 Å². The van der Waals surface area contributed by atoms with Crippen LogP contribution in [0.5, 0.6) is 0 Å². The van der Waals surface area contributed by atoms with Crippen LogP contribution < -0.4 is 10.2 Å². The Morgan fingerprint density at radius 2 is 2.21 bits per heavy atom. The van der Waals surface area contributed by atoms with Gasteiger partial charge in [0.05, 0.1) is 12.7 Å². The van der Waals surface area contributed by atoms with Crippen LogP contribution in [0.25, 0.3) is 0 Å². The third-order valence-corrected chi connectivity index (χ3v) is 5.15. The smallest absolute Gasteiger partial charge is 0.228 e. The fraction of sp³-hybridized carbons (Fsp3) is 0.632. The zero-order chi connectivity index (χ0) is 16.9. The average molecular weight is 331 g/mol. The molecule has 1 aromatic carbocycles. The van der Waals surface area contributed by atoms with E-state index in [4.69, 9.17) is 4.74 Å². The van der Waals surface area contributed by atoms with Gasteiger partial charge in [-0.3, -0.25) is 9.69 Å². The van der Waals surface area contributed by atoms with Crippen LogP contribution >= 0.6 is 0 Å². The first-order chi connectivity index (χ1) is 11.6. The van der Waals surface area contributed by atoms with Crippen molar-refractivity contribution in [3.8, 4) is 0 Å². The lowest BCUT2D eigenvalue weighted by atomic mass is 10.1. The molecule has 0 bridgehead atoms. The number of carbonyl (C=O) groups excluding carboxylic acids is 1. The van der Waals surface area contributed by atoms with Crippen molar-refractivity contribution in [1.29, 1.82) is 0 Å². The Labute approximate surface area is 145 Å². The molecule has 5 nitrogen and oxygen atoms in total. The van der Waals surface area contributed by atoms with E-state index in [0.717, 1.165) is 25.4 Å². The lowest BCUT2D eigenvalue weighted by Crippen LogP contribution is -2.50. The molecule has 0 radical (unpaired) electrons. The monoisotopic (exact) mass is 331 g/mol. The highest BCUT2D eigenvalue weighted by molar-refractivity contribution is 5.93. The Morgan fingerprint density at radius 3 is 3.00 bits per heavy atom. The van der Waals surface area contributed by atoms with Crippen LogP contribution in [0.4, 0.5) is 5.69 Å². The zero-order valence-electron chi connectivity index (χ0n) is 14.8. The second-order valence-corrected chi connectivity index (χ2v) is 7.05. The van der Waals surface area contributed by atoms with E-state index in [2.05, 4.69) is 17.1 Å². The molecule has 2 heterocycles. The number of morpholine rings is 1. The van der Waals surface area contributed by atoms with Crippen LogP contribution in [-0.2, 0) is 9.53 Å². The first-order valence-electron chi connectivity index (χ1n) is 9.04. The number of carbonyl (C=O) groups is 1. The summed E-state index contributed by atoms with van der Waals surface area (Å²) in [6.07, 6.45) is 3.30. The molecule has 5 heteroatoms. The van der Waals surface area contributed by atoms with Crippen LogP contribution in [0.3, 0.4) is 0 Å². The lowest BCUT2D eigenvalue weighted by Gasteiger charge is -2.35. The molecule has 132 valence electrons. The van der Waals surface area contributed by atoms with Gasteiger partial charge in [0.1, 0.15) is 0 Å². The molecule has 1 aromatic rings. The summed E-state index contributed by atoms with van der Waals surface area (Å²) in [4.78, 5) is 16.7. The summed E-state index contributed by atoms with van der Waals surface area (Å²) in [6.45, 7) is 5.96. The van der Waals surface area contributed by atoms with E-state index in [0.29, 0.717) is 12.5 Å². The van der Waals surface area contributed by atoms with Crippen LogP contribution in [0.1, 0.15) is 26.2 Å². The molecule has 2 fully saturated rings. The number of benzene rings is 1. The van der Waals surface area contributed by atoms with E-state index >= 15 is 0 Å². The third-order valence-electron chi connectivity index (χ3n) is 5.15. The van der Waals surface area contributed by atoms with Gasteiger partial charge in [-0.25, -0.2) is 0 Å². The third kappa shape index (κ3) is 4.35. The molecule has 0 unspecified atom stereocenters. The maximum atomic E-state index is 12.4. The van der Waals surface area contributed by atoms with Gasteiger partial charge in [0.25, 0.3) is 0 Å². The van der Waals surface area contributed by atoms with Crippen molar-refractivity contribution in [3.05, 3.63) is 30.3 Å². The van der Waals surface area contributed by atoms with Crippen molar-refractivity contribution in [1.82, 2.24) is 10.2 Å². The maximum Gasteiger partial charge on any atom is 0.228 e. The van der Waals surface area contributed by atoms with Crippen LogP contribution in [0.2, 0.25) is 0 Å². The molecule has 24 heavy (non-hydrogen) atoms. The number of nitrogens with one attached hydrogen (secondary N) is 1. The summed E-state index contributed by atoms with van der Waals surface area (Å²) in [5, 5.41) is 3.47. The number of hydrogen-bond donors (Lipinski definition) is 1. The first-order valence-corrected chi connectivity index (χ1v) is 9.04. The highest BCUT2D eigenvalue weighted by atomic mass is 16.5. The van der Waals surface area contributed by atoms with Crippen LogP contribution in [0, 0.1) is 0 Å². The molecule has 3 atom stereocenters. The molecule has 1 N–H and O–H groups in total. The Hall–Kier alpha value is -1.43. The number of amides is 1. The second-order valence-electron chi connectivity index (χ2n) is 7.05. The van der Waals surface area contributed by atoms with Gasteiger partial charge < -0.3 is 15.0 Å². The zero-order valence-corrected chi connectivity index (χ0v) is 14.8. The normalized spacial score (nSPS) is 25.2. The SMILES string of the molecule is C[C@H](CC(=O)N(C)c1ccccc1)NC[C@H]1CN2CCC[C@H]2CO1. The molecule has 2 saturated heterocycles. The minimum Gasteiger partial charge on any atom is -0.374 e. The van der Waals surface area contributed by atoms with E-state index < -0.39 is 0 Å². The maximum absolute atomic E-state index is 12.4. The number of para-hydroxylation sites is 1. The first kappa shape index (κ1) is 17.4. The van der Waals surface area contributed by atoms with Crippen molar-refractivity contribution < 1.29 is 9.53 Å². The molecule has 0 spiro atoms. The molecule has 0 saturated carbocycles. The molecule has 1 amide bonds. The van der Waals surface area contributed by atoms with Gasteiger partial charge >= 0.3 is 0 Å². The summed E-state index contributed by atoms with van der Waals surface area (Å²) >= 11 is 0. The summed E-state index contributed by atoms with van der Waals surface area (Å²) in [6, 6.07) is 10.6. The Bertz CT molecular complexity index is 537. The fourth-order valence-electron chi connectivity index (χ4n) is 3.61. The van der Waals surface area contributed by atoms with Gasteiger partial charge in [0.15, 0.2) is 0 Å². The molecule has 2 aliphatic rings. The number of fused-ring (bicyclic) bond motifs is 1. The number of ether oxygens (including phenoxy) is 1. The largest absolute Gasteiger partial charge is 0.374 e. The Morgan fingerprint density at radius 1 is 1.42 bits per heavy atom. The van der Waals surface area contributed by atoms with Crippen molar-refractivity contribution in [3.63, 3.8) is 0 Å². The topological polar surface area (TPSA) is 44.8 Å². The summed E-state index contributed by atoms with van der Waals surface area (Å²) < 4.78 is 5.96. The number of nitrogens with zero attached hydrogens (tertiary/aromatic N) is 2. The van der Waals surface area contributed by atoms with Gasteiger partial charge in [0.2, 0.25) is 5.91 Å².